The smallest absolute Gasteiger partial charge is 0.329 e. The van der Waals surface area contributed by atoms with Gasteiger partial charge < -0.3 is 14.3 Å². The highest BCUT2D eigenvalue weighted by Gasteiger charge is 2.13. The van der Waals surface area contributed by atoms with Crippen molar-refractivity contribution in [2.24, 2.45) is 5.10 Å². The summed E-state index contributed by atoms with van der Waals surface area (Å²) >= 11 is 5.95. The molecule has 0 saturated carbocycles. The molecule has 0 aliphatic rings. The molecule has 2 N–H and O–H groups in total. The minimum absolute atomic E-state index is 0.130. The van der Waals surface area contributed by atoms with Crippen molar-refractivity contribution in [2.45, 2.75) is 20.4 Å². The third-order valence-electron chi connectivity index (χ3n) is 4.13. The zero-order valence-electron chi connectivity index (χ0n) is 15.4. The first-order valence-electron chi connectivity index (χ1n) is 8.54. The molecule has 0 aliphatic carbocycles. The van der Waals surface area contributed by atoms with Crippen molar-refractivity contribution in [2.75, 3.05) is 0 Å². The lowest BCUT2D eigenvalue weighted by molar-refractivity contribution is -0.139. The second-order valence-corrected chi connectivity index (χ2v) is 6.54. The molecule has 0 spiro atoms. The zero-order valence-corrected chi connectivity index (χ0v) is 16.2. The molecule has 144 valence electrons. The summed E-state index contributed by atoms with van der Waals surface area (Å²) in [6, 6.07) is 12.8. The molecule has 8 heteroatoms. The molecule has 7 nitrogen and oxygen atoms in total. The molecule has 2 aromatic heterocycles. The van der Waals surface area contributed by atoms with Gasteiger partial charge in [0, 0.05) is 27.7 Å². The van der Waals surface area contributed by atoms with Gasteiger partial charge in [0.15, 0.2) is 0 Å². The van der Waals surface area contributed by atoms with Crippen molar-refractivity contribution >= 4 is 29.6 Å². The predicted octanol–water partition coefficient (Wildman–Crippen LogP) is 3.11. The SMILES string of the molecule is Cc1cc(/C=N/NC(=O)C(=O)NCc2ccco2)c(C)n1-c1ccc(Cl)cc1. The molecule has 0 radical (unpaired) electrons. The first-order chi connectivity index (χ1) is 13.5. The molecule has 0 aliphatic heterocycles. The molecule has 28 heavy (non-hydrogen) atoms. The number of aromatic nitrogens is 1. The lowest BCUT2D eigenvalue weighted by Crippen LogP contribution is -2.37. The van der Waals surface area contributed by atoms with E-state index < -0.39 is 11.8 Å². The molecule has 0 fully saturated rings. The third kappa shape index (κ3) is 4.50. The van der Waals surface area contributed by atoms with E-state index in [9.17, 15) is 9.59 Å². The Morgan fingerprint density at radius 1 is 1.18 bits per heavy atom. The Kier molecular flexibility index (Phi) is 5.96. The van der Waals surface area contributed by atoms with Crippen LogP contribution in [0.5, 0.6) is 0 Å². The number of rotatable bonds is 5. The van der Waals surface area contributed by atoms with Crippen LogP contribution in [0.25, 0.3) is 5.69 Å². The van der Waals surface area contributed by atoms with Gasteiger partial charge in [0.25, 0.3) is 0 Å². The van der Waals surface area contributed by atoms with Gasteiger partial charge in [0.1, 0.15) is 5.76 Å². The van der Waals surface area contributed by atoms with Crippen molar-refractivity contribution in [1.29, 1.82) is 0 Å². The van der Waals surface area contributed by atoms with Gasteiger partial charge in [0.2, 0.25) is 0 Å². The Morgan fingerprint density at radius 3 is 2.61 bits per heavy atom. The fraction of sp³-hybridized carbons (Fsp3) is 0.150. The summed E-state index contributed by atoms with van der Waals surface area (Å²) in [4.78, 5) is 23.6. The summed E-state index contributed by atoms with van der Waals surface area (Å²) in [6.45, 7) is 4.05. The van der Waals surface area contributed by atoms with Crippen molar-refractivity contribution in [3.8, 4) is 5.69 Å². The highest BCUT2D eigenvalue weighted by Crippen LogP contribution is 2.21. The van der Waals surface area contributed by atoms with Crippen molar-refractivity contribution in [3.63, 3.8) is 0 Å². The highest BCUT2D eigenvalue weighted by atomic mass is 35.5. The maximum absolute atomic E-state index is 11.8. The number of hydrogen-bond donors (Lipinski definition) is 2. The van der Waals surface area contributed by atoms with Gasteiger partial charge in [0.05, 0.1) is 19.0 Å². The maximum Gasteiger partial charge on any atom is 0.329 e. The minimum Gasteiger partial charge on any atom is -0.467 e. The Bertz CT molecular complexity index is 1010. The second-order valence-electron chi connectivity index (χ2n) is 6.10. The number of hydrogen-bond acceptors (Lipinski definition) is 4. The highest BCUT2D eigenvalue weighted by molar-refractivity contribution is 6.35. The van der Waals surface area contributed by atoms with Gasteiger partial charge in [-0.15, -0.1) is 0 Å². The standard InChI is InChI=1S/C20H19ClN4O3/c1-13-10-15(14(2)25(13)17-7-5-16(21)6-8-17)11-23-24-20(27)19(26)22-12-18-4-3-9-28-18/h3-11H,12H2,1-2H3,(H,22,26)(H,24,27)/b23-11+. The van der Waals surface area contributed by atoms with E-state index in [1.165, 1.54) is 12.5 Å². The fourth-order valence-electron chi connectivity index (χ4n) is 2.78. The van der Waals surface area contributed by atoms with E-state index in [-0.39, 0.29) is 6.54 Å². The summed E-state index contributed by atoms with van der Waals surface area (Å²) < 4.78 is 7.14. The molecule has 0 bridgehead atoms. The largest absolute Gasteiger partial charge is 0.467 e. The Morgan fingerprint density at radius 2 is 1.93 bits per heavy atom. The maximum atomic E-state index is 11.8. The number of nitrogens with one attached hydrogen (secondary N) is 2. The number of carbonyl (C=O) groups excluding carboxylic acids is 2. The average molecular weight is 399 g/mol. The number of nitrogens with zero attached hydrogens (tertiary/aromatic N) is 2. The lowest BCUT2D eigenvalue weighted by atomic mass is 10.2. The second kappa shape index (κ2) is 8.58. The summed E-state index contributed by atoms with van der Waals surface area (Å²) in [5.41, 5.74) is 5.97. The summed E-state index contributed by atoms with van der Waals surface area (Å²) in [6.07, 6.45) is 3.00. The normalized spacial score (nSPS) is 11.0. The van der Waals surface area contributed by atoms with E-state index in [1.807, 2.05) is 44.2 Å². The summed E-state index contributed by atoms with van der Waals surface area (Å²) in [5.74, 6) is -1.09. The molecule has 3 rings (SSSR count). The van der Waals surface area contributed by atoms with Crippen LogP contribution in [-0.2, 0) is 16.1 Å². The van der Waals surface area contributed by atoms with E-state index in [1.54, 1.807) is 12.1 Å². The van der Waals surface area contributed by atoms with Gasteiger partial charge >= 0.3 is 11.8 Å². The van der Waals surface area contributed by atoms with Crippen LogP contribution in [0.3, 0.4) is 0 Å². The van der Waals surface area contributed by atoms with Gasteiger partial charge in [-0.1, -0.05) is 11.6 Å². The van der Waals surface area contributed by atoms with Crippen LogP contribution in [0.4, 0.5) is 0 Å². The number of halogens is 1. The van der Waals surface area contributed by atoms with Crippen LogP contribution in [0, 0.1) is 13.8 Å². The molecule has 3 aromatic rings. The Hall–Kier alpha value is -3.32. The number of hydrazone groups is 1. The van der Waals surface area contributed by atoms with Crippen LogP contribution in [0.15, 0.2) is 58.2 Å². The first kappa shape index (κ1) is 19.4. The Labute approximate surface area is 167 Å². The molecule has 1 aromatic carbocycles. The van der Waals surface area contributed by atoms with E-state index in [0.717, 1.165) is 22.6 Å². The van der Waals surface area contributed by atoms with Crippen LogP contribution >= 0.6 is 11.6 Å². The van der Waals surface area contributed by atoms with Crippen molar-refractivity contribution < 1.29 is 14.0 Å². The molecule has 0 unspecified atom stereocenters. The lowest BCUT2D eigenvalue weighted by Gasteiger charge is -2.09. The van der Waals surface area contributed by atoms with Crippen molar-refractivity contribution in [3.05, 3.63) is 76.5 Å². The molecule has 2 amide bonds. The minimum atomic E-state index is -0.852. The van der Waals surface area contributed by atoms with Crippen LogP contribution in [-0.4, -0.2) is 22.6 Å². The number of furan rings is 1. The molecular formula is C20H19ClN4O3. The number of carbonyl (C=O) groups is 2. The van der Waals surface area contributed by atoms with Crippen LogP contribution < -0.4 is 10.7 Å². The Balaban J connectivity index is 1.62. The quantitative estimate of drug-likeness (QED) is 0.393. The molecular weight excluding hydrogens is 380 g/mol. The fourth-order valence-corrected chi connectivity index (χ4v) is 2.90. The van der Waals surface area contributed by atoms with Crippen LogP contribution in [0.1, 0.15) is 22.7 Å². The number of aryl methyl sites for hydroxylation is 1. The number of amides is 2. The zero-order chi connectivity index (χ0) is 20.1. The molecule has 0 atom stereocenters. The molecule has 2 heterocycles. The van der Waals surface area contributed by atoms with E-state index in [4.69, 9.17) is 16.0 Å². The van der Waals surface area contributed by atoms with E-state index in [0.29, 0.717) is 10.8 Å². The van der Waals surface area contributed by atoms with E-state index >= 15 is 0 Å². The topological polar surface area (TPSA) is 88.6 Å². The van der Waals surface area contributed by atoms with Gasteiger partial charge in [-0.25, -0.2) is 5.43 Å². The van der Waals surface area contributed by atoms with Crippen LogP contribution in [0.2, 0.25) is 5.02 Å². The van der Waals surface area contributed by atoms with Gasteiger partial charge in [-0.2, -0.15) is 5.10 Å². The van der Waals surface area contributed by atoms with Crippen molar-refractivity contribution in [1.82, 2.24) is 15.3 Å². The summed E-state index contributed by atoms with van der Waals surface area (Å²) in [5, 5.41) is 7.01. The van der Waals surface area contributed by atoms with E-state index in [2.05, 4.69) is 20.4 Å². The first-order valence-corrected chi connectivity index (χ1v) is 8.92. The van der Waals surface area contributed by atoms with Gasteiger partial charge in [-0.3, -0.25) is 9.59 Å². The monoisotopic (exact) mass is 398 g/mol. The predicted molar refractivity (Wildman–Crippen MR) is 107 cm³/mol. The number of benzene rings is 1. The summed E-state index contributed by atoms with van der Waals surface area (Å²) in [7, 11) is 0. The molecule has 0 saturated heterocycles. The average Bonchev–Trinajstić information content (AvgIpc) is 3.29. The third-order valence-corrected chi connectivity index (χ3v) is 4.39. The van der Waals surface area contributed by atoms with Gasteiger partial charge in [-0.05, 0) is 56.3 Å².